The van der Waals surface area contributed by atoms with Gasteiger partial charge in [-0.1, -0.05) is 91.0 Å². The van der Waals surface area contributed by atoms with Crippen LogP contribution in [0.15, 0.2) is 132 Å². The number of nitrogens with one attached hydrogen (secondary N) is 5. The molecule has 0 saturated carbocycles. The fourth-order valence-electron chi connectivity index (χ4n) is 7.87. The molecule has 63 heavy (non-hydrogen) atoms. The van der Waals surface area contributed by atoms with Crippen LogP contribution in [0.1, 0.15) is 64.9 Å². The summed E-state index contributed by atoms with van der Waals surface area (Å²) in [5.41, 5.74) is 6.65. The van der Waals surface area contributed by atoms with Gasteiger partial charge in [0.05, 0.1) is 17.3 Å². The molecule has 326 valence electrons. The fourth-order valence-corrected chi connectivity index (χ4v) is 7.87. The van der Waals surface area contributed by atoms with E-state index in [9.17, 15) is 29.4 Å². The summed E-state index contributed by atoms with van der Waals surface area (Å²) in [6.07, 6.45) is 0.919. The Morgan fingerprint density at radius 3 is 2.33 bits per heavy atom. The van der Waals surface area contributed by atoms with Crippen LogP contribution in [0.4, 0.5) is 10.5 Å². The Kier molecular flexibility index (Phi) is 15.0. The number of phenolic OH excluding ortho intramolecular Hbond substituents is 1. The van der Waals surface area contributed by atoms with Crippen LogP contribution in [-0.4, -0.2) is 76.3 Å². The van der Waals surface area contributed by atoms with Crippen molar-refractivity contribution in [1.29, 1.82) is 0 Å². The predicted octanol–water partition coefficient (Wildman–Crippen LogP) is 6.80. The van der Waals surface area contributed by atoms with E-state index in [2.05, 4.69) is 37.2 Å². The van der Waals surface area contributed by atoms with Crippen LogP contribution >= 0.6 is 0 Å². The van der Waals surface area contributed by atoms with Gasteiger partial charge in [-0.15, -0.1) is 0 Å². The van der Waals surface area contributed by atoms with Gasteiger partial charge >= 0.3 is 6.09 Å². The number of pyridine rings is 1. The second kappa shape index (κ2) is 21.3. The summed E-state index contributed by atoms with van der Waals surface area (Å²) < 4.78 is 5.76. The van der Waals surface area contributed by atoms with Gasteiger partial charge in [0.1, 0.15) is 11.9 Å². The van der Waals surface area contributed by atoms with E-state index in [1.54, 1.807) is 24.3 Å². The first-order valence-corrected chi connectivity index (χ1v) is 21.4. The van der Waals surface area contributed by atoms with Crippen molar-refractivity contribution in [1.82, 2.24) is 25.8 Å². The monoisotopic (exact) mass is 850 g/mol. The molecule has 6 aromatic rings. The first-order valence-electron chi connectivity index (χ1n) is 21.4. The standard InChI is InChI=1S/C50H54N6O7/c1-33(51-32-45(58)41-18-20-44(57)48-42(41)19-21-47(60)55-48)28-35-8-7-9-36(29-35)31-53-49(61)38-16-14-34(15-17-38)30-52-46(59)24-27-56-25-22-39(23-26-56)63-50(62)54-43-13-6-5-12-40(43)37-10-3-2-4-11-37/h2-21,29,33,39,45,51,57-58H,22-28,30-32H2,1H3,(H,52,59)(H,53,61)(H,54,62)(H,55,60)/t33-,45-/m0/s1. The Hall–Kier alpha value is -6.80. The quantitative estimate of drug-likeness (QED) is 0.0519. The molecular formula is C50H54N6O7. The SMILES string of the molecule is C[C@@H](Cc1cccc(CNC(=O)c2ccc(CNC(=O)CCN3CCC(OC(=O)Nc4ccccc4-c4ccccc4)CC3)cc2)c1)NC[C@H](O)c1ccc(O)c2[nH]c(=O)ccc12. The van der Waals surface area contributed by atoms with Crippen LogP contribution in [0, 0.1) is 0 Å². The number of carbonyl (C=O) groups excluding carboxylic acids is 3. The van der Waals surface area contributed by atoms with E-state index >= 15 is 0 Å². The molecule has 0 aliphatic carbocycles. The van der Waals surface area contributed by atoms with Gasteiger partial charge in [-0.25, -0.2) is 4.79 Å². The van der Waals surface area contributed by atoms with Crippen LogP contribution in [0.25, 0.3) is 22.0 Å². The maximum atomic E-state index is 13.0. The van der Waals surface area contributed by atoms with E-state index in [-0.39, 0.29) is 41.8 Å². The second-order valence-corrected chi connectivity index (χ2v) is 16.0. The summed E-state index contributed by atoms with van der Waals surface area (Å²) in [6.45, 7) is 5.09. The zero-order valence-electron chi connectivity index (χ0n) is 35.3. The molecule has 0 unspecified atom stereocenters. The second-order valence-electron chi connectivity index (χ2n) is 16.0. The molecule has 7 rings (SSSR count). The Morgan fingerprint density at radius 1 is 0.810 bits per heavy atom. The molecule has 5 aromatic carbocycles. The molecule has 0 spiro atoms. The molecule has 13 nitrogen and oxygen atoms in total. The van der Waals surface area contributed by atoms with Gasteiger partial charge in [-0.2, -0.15) is 0 Å². The van der Waals surface area contributed by atoms with E-state index in [1.165, 1.54) is 12.1 Å². The molecule has 0 bridgehead atoms. The summed E-state index contributed by atoms with van der Waals surface area (Å²) >= 11 is 0. The molecule has 0 radical (unpaired) electrons. The molecule has 3 amide bonds. The predicted molar refractivity (Wildman–Crippen MR) is 244 cm³/mol. The number of aliphatic hydroxyl groups is 1. The Labute approximate surface area is 366 Å². The lowest BCUT2D eigenvalue weighted by Gasteiger charge is -2.31. The number of aliphatic hydroxyl groups excluding tert-OH is 1. The van der Waals surface area contributed by atoms with Gasteiger partial charge < -0.3 is 40.8 Å². The number of anilines is 1. The molecule has 2 atom stereocenters. The van der Waals surface area contributed by atoms with Crippen molar-refractivity contribution in [3.05, 3.63) is 166 Å². The number of H-pyrrole nitrogens is 1. The molecule has 1 aliphatic heterocycles. The van der Waals surface area contributed by atoms with Crippen LogP contribution in [0.3, 0.4) is 0 Å². The average molecular weight is 851 g/mol. The summed E-state index contributed by atoms with van der Waals surface area (Å²) in [4.78, 5) is 55.1. The summed E-state index contributed by atoms with van der Waals surface area (Å²) in [7, 11) is 0. The molecule has 1 aromatic heterocycles. The topological polar surface area (TPSA) is 185 Å². The van der Waals surface area contributed by atoms with Crippen LogP contribution in [-0.2, 0) is 29.0 Å². The highest BCUT2D eigenvalue weighted by Crippen LogP contribution is 2.30. The highest BCUT2D eigenvalue weighted by Gasteiger charge is 2.23. The Balaban J connectivity index is 0.776. The minimum Gasteiger partial charge on any atom is -0.506 e. The third-order valence-corrected chi connectivity index (χ3v) is 11.3. The maximum Gasteiger partial charge on any atom is 0.411 e. The van der Waals surface area contributed by atoms with Crippen molar-refractivity contribution >= 4 is 34.5 Å². The van der Waals surface area contributed by atoms with Crippen molar-refractivity contribution < 1.29 is 29.3 Å². The van der Waals surface area contributed by atoms with Crippen LogP contribution < -0.4 is 26.8 Å². The number of aromatic hydroxyl groups is 1. The number of carbonyl (C=O) groups is 3. The van der Waals surface area contributed by atoms with Crippen molar-refractivity contribution in [2.24, 2.45) is 0 Å². The third-order valence-electron chi connectivity index (χ3n) is 11.3. The summed E-state index contributed by atoms with van der Waals surface area (Å²) in [5.74, 6) is -0.309. The number of nitrogens with zero attached hydrogens (tertiary/aromatic N) is 1. The number of para-hydroxylation sites is 1. The minimum atomic E-state index is -0.858. The third kappa shape index (κ3) is 12.4. The lowest BCUT2D eigenvalue weighted by atomic mass is 10.0. The lowest BCUT2D eigenvalue weighted by Crippen LogP contribution is -2.40. The van der Waals surface area contributed by atoms with Crippen molar-refractivity contribution in [2.75, 3.05) is 31.5 Å². The molecule has 2 heterocycles. The van der Waals surface area contributed by atoms with Crippen LogP contribution in [0.5, 0.6) is 5.75 Å². The number of amides is 3. The minimum absolute atomic E-state index is 0.0258. The highest BCUT2D eigenvalue weighted by molar-refractivity contribution is 5.94. The molecule has 1 fully saturated rings. The van der Waals surface area contributed by atoms with E-state index in [0.29, 0.717) is 73.0 Å². The lowest BCUT2D eigenvalue weighted by molar-refractivity contribution is -0.121. The van der Waals surface area contributed by atoms with Gasteiger partial charge in [0.2, 0.25) is 11.5 Å². The van der Waals surface area contributed by atoms with E-state index in [4.69, 9.17) is 4.74 Å². The number of fused-ring (bicyclic) bond motifs is 1. The molecular weight excluding hydrogens is 797 g/mol. The normalized spacial score (nSPS) is 14.1. The number of aromatic amines is 1. The Morgan fingerprint density at radius 2 is 1.54 bits per heavy atom. The van der Waals surface area contributed by atoms with Crippen molar-refractivity contribution in [2.45, 2.75) is 63.9 Å². The summed E-state index contributed by atoms with van der Waals surface area (Å²) in [6, 6.07) is 38.8. The molecule has 1 aliphatic rings. The van der Waals surface area contributed by atoms with Crippen molar-refractivity contribution in [3.63, 3.8) is 0 Å². The molecule has 1 saturated heterocycles. The number of rotatable bonds is 17. The number of phenols is 1. The number of hydrogen-bond acceptors (Lipinski definition) is 9. The first-order chi connectivity index (χ1) is 30.6. The first kappa shape index (κ1) is 44.3. The highest BCUT2D eigenvalue weighted by atomic mass is 16.6. The largest absolute Gasteiger partial charge is 0.506 e. The maximum absolute atomic E-state index is 13.0. The summed E-state index contributed by atoms with van der Waals surface area (Å²) in [5, 5.41) is 34.0. The van der Waals surface area contributed by atoms with Gasteiger partial charge in [-0.3, -0.25) is 19.7 Å². The number of aromatic nitrogens is 1. The van der Waals surface area contributed by atoms with Gasteiger partial charge in [0.15, 0.2) is 0 Å². The van der Waals surface area contributed by atoms with E-state index in [0.717, 1.165) is 40.9 Å². The average Bonchev–Trinajstić information content (AvgIpc) is 3.30. The number of likely N-dealkylation sites (tertiary alicyclic amines) is 1. The van der Waals surface area contributed by atoms with Gasteiger partial charge in [0.25, 0.3) is 5.91 Å². The van der Waals surface area contributed by atoms with E-state index in [1.807, 2.05) is 91.9 Å². The zero-order chi connectivity index (χ0) is 44.1. The van der Waals surface area contributed by atoms with Crippen LogP contribution in [0.2, 0.25) is 0 Å². The number of ether oxygens (including phenoxy) is 1. The number of benzene rings is 5. The smallest absolute Gasteiger partial charge is 0.411 e. The number of hydrogen-bond donors (Lipinski definition) is 7. The Bertz CT molecular complexity index is 2560. The van der Waals surface area contributed by atoms with Gasteiger partial charge in [0, 0.05) is 74.3 Å². The zero-order valence-corrected chi connectivity index (χ0v) is 35.3. The molecule has 7 N–H and O–H groups in total. The number of piperidine rings is 1. The fraction of sp³-hybridized carbons (Fsp3) is 0.280. The molecule has 13 heteroatoms. The van der Waals surface area contributed by atoms with Gasteiger partial charge in [-0.05, 0) is 84.3 Å². The van der Waals surface area contributed by atoms with Crippen molar-refractivity contribution in [3.8, 4) is 16.9 Å². The van der Waals surface area contributed by atoms with E-state index < -0.39 is 12.2 Å².